The van der Waals surface area contributed by atoms with Gasteiger partial charge in [0, 0.05) is 6.54 Å². The van der Waals surface area contributed by atoms with Crippen LogP contribution >= 0.6 is 31.9 Å². The van der Waals surface area contributed by atoms with Crippen molar-refractivity contribution in [1.29, 1.82) is 0 Å². The molecule has 0 radical (unpaired) electrons. The van der Waals surface area contributed by atoms with Crippen LogP contribution in [0.15, 0.2) is 27.1 Å². The molecule has 0 N–H and O–H groups in total. The Morgan fingerprint density at radius 2 is 2.05 bits per heavy atom. The molecule has 0 aliphatic carbocycles. The van der Waals surface area contributed by atoms with Crippen molar-refractivity contribution in [2.45, 2.75) is 27.0 Å². The van der Waals surface area contributed by atoms with Crippen LogP contribution in [0.2, 0.25) is 0 Å². The summed E-state index contributed by atoms with van der Waals surface area (Å²) in [6, 6.07) is 5.71. The van der Waals surface area contributed by atoms with Gasteiger partial charge in [0.05, 0.1) is 27.4 Å². The molecule has 0 bridgehead atoms. The van der Waals surface area contributed by atoms with Crippen LogP contribution in [0.3, 0.4) is 0 Å². The van der Waals surface area contributed by atoms with Crippen LogP contribution in [0.5, 0.6) is 11.5 Å². The molecule has 1 aromatic carbocycles. The predicted molar refractivity (Wildman–Crippen MR) is 85.4 cm³/mol. The van der Waals surface area contributed by atoms with Gasteiger partial charge in [-0.1, -0.05) is 6.07 Å². The Kier molecular flexibility index (Phi) is 5.10. The van der Waals surface area contributed by atoms with Crippen molar-refractivity contribution in [2.75, 3.05) is 7.11 Å². The predicted octanol–water partition coefficient (Wildman–Crippen LogP) is 4.32. The van der Waals surface area contributed by atoms with Crippen molar-refractivity contribution in [3.05, 3.63) is 38.5 Å². The highest BCUT2D eigenvalue weighted by atomic mass is 79.9. The summed E-state index contributed by atoms with van der Waals surface area (Å²) in [6.45, 7) is 5.26. The molecule has 4 nitrogen and oxygen atoms in total. The van der Waals surface area contributed by atoms with Gasteiger partial charge < -0.3 is 9.47 Å². The lowest BCUT2D eigenvalue weighted by Gasteiger charge is -2.13. The minimum absolute atomic E-state index is 0.425. The highest BCUT2D eigenvalue weighted by Gasteiger charge is 2.15. The molecule has 108 valence electrons. The minimum Gasteiger partial charge on any atom is -0.493 e. The number of halogens is 2. The zero-order valence-corrected chi connectivity index (χ0v) is 14.8. The van der Waals surface area contributed by atoms with E-state index in [1.807, 2.05) is 29.8 Å². The SMILES string of the molecule is CCn1nc(C)c(Br)c1COc1c(Br)cccc1OC. The maximum Gasteiger partial charge on any atom is 0.175 e. The molecule has 0 atom stereocenters. The van der Waals surface area contributed by atoms with Crippen LogP contribution in [0.1, 0.15) is 18.3 Å². The lowest BCUT2D eigenvalue weighted by Crippen LogP contribution is -2.07. The summed E-state index contributed by atoms with van der Waals surface area (Å²) < 4.78 is 15.0. The van der Waals surface area contributed by atoms with Crippen LogP contribution < -0.4 is 9.47 Å². The summed E-state index contributed by atoms with van der Waals surface area (Å²) >= 11 is 7.04. The standard InChI is InChI=1S/C14H16Br2N2O2/c1-4-18-11(13(16)9(2)17-18)8-20-14-10(15)6-5-7-12(14)19-3/h5-7H,4,8H2,1-3H3. The molecule has 6 heteroatoms. The molecular formula is C14H16Br2N2O2. The van der Waals surface area contributed by atoms with E-state index in [2.05, 4.69) is 43.9 Å². The summed E-state index contributed by atoms with van der Waals surface area (Å²) in [7, 11) is 1.63. The summed E-state index contributed by atoms with van der Waals surface area (Å²) in [6.07, 6.45) is 0. The molecule has 0 aliphatic heterocycles. The summed E-state index contributed by atoms with van der Waals surface area (Å²) in [5, 5.41) is 4.45. The van der Waals surface area contributed by atoms with E-state index >= 15 is 0 Å². The van der Waals surface area contributed by atoms with Gasteiger partial charge in [0.15, 0.2) is 11.5 Å². The maximum atomic E-state index is 5.92. The van der Waals surface area contributed by atoms with Crippen LogP contribution in [-0.4, -0.2) is 16.9 Å². The molecule has 0 fully saturated rings. The van der Waals surface area contributed by atoms with E-state index in [0.29, 0.717) is 18.1 Å². The van der Waals surface area contributed by atoms with Gasteiger partial charge in [-0.25, -0.2) is 0 Å². The molecule has 0 aliphatic rings. The van der Waals surface area contributed by atoms with Crippen LogP contribution in [-0.2, 0) is 13.2 Å². The lowest BCUT2D eigenvalue weighted by molar-refractivity contribution is 0.271. The molecule has 1 heterocycles. The number of benzene rings is 1. The van der Waals surface area contributed by atoms with Crippen molar-refractivity contribution in [3.63, 3.8) is 0 Å². The average Bonchev–Trinajstić information content (AvgIpc) is 2.72. The van der Waals surface area contributed by atoms with Gasteiger partial charge in [-0.15, -0.1) is 0 Å². The zero-order valence-electron chi connectivity index (χ0n) is 11.6. The fourth-order valence-electron chi connectivity index (χ4n) is 1.94. The van der Waals surface area contributed by atoms with Crippen molar-refractivity contribution in [2.24, 2.45) is 0 Å². The first-order valence-electron chi connectivity index (χ1n) is 6.25. The number of aryl methyl sites for hydroxylation is 2. The second-order valence-corrected chi connectivity index (χ2v) is 5.87. The first-order valence-corrected chi connectivity index (χ1v) is 7.84. The smallest absolute Gasteiger partial charge is 0.175 e. The first-order chi connectivity index (χ1) is 9.58. The highest BCUT2D eigenvalue weighted by Crippen LogP contribution is 2.36. The van der Waals surface area contributed by atoms with Gasteiger partial charge in [-0.05, 0) is 57.8 Å². The third-order valence-electron chi connectivity index (χ3n) is 2.96. The van der Waals surface area contributed by atoms with E-state index in [-0.39, 0.29) is 0 Å². The largest absolute Gasteiger partial charge is 0.493 e. The van der Waals surface area contributed by atoms with Gasteiger partial charge in [-0.2, -0.15) is 5.10 Å². The van der Waals surface area contributed by atoms with E-state index in [9.17, 15) is 0 Å². The zero-order chi connectivity index (χ0) is 14.7. The van der Waals surface area contributed by atoms with Gasteiger partial charge in [0.2, 0.25) is 0 Å². The van der Waals surface area contributed by atoms with Crippen molar-refractivity contribution < 1.29 is 9.47 Å². The van der Waals surface area contributed by atoms with Crippen molar-refractivity contribution in [3.8, 4) is 11.5 Å². The molecule has 2 rings (SSSR count). The second kappa shape index (κ2) is 6.63. The first kappa shape index (κ1) is 15.4. The Bertz CT molecular complexity index is 611. The fraction of sp³-hybridized carbons (Fsp3) is 0.357. The van der Waals surface area contributed by atoms with Crippen molar-refractivity contribution in [1.82, 2.24) is 9.78 Å². The minimum atomic E-state index is 0.425. The molecular weight excluding hydrogens is 388 g/mol. The van der Waals surface area contributed by atoms with Crippen LogP contribution in [0.25, 0.3) is 0 Å². The normalized spacial score (nSPS) is 10.7. The fourth-order valence-corrected chi connectivity index (χ4v) is 2.80. The lowest BCUT2D eigenvalue weighted by atomic mass is 10.3. The molecule has 2 aromatic rings. The van der Waals surface area contributed by atoms with Gasteiger partial charge in [-0.3, -0.25) is 4.68 Å². The van der Waals surface area contributed by atoms with E-state index in [1.54, 1.807) is 7.11 Å². The number of hydrogen-bond acceptors (Lipinski definition) is 3. The molecule has 0 amide bonds. The van der Waals surface area contributed by atoms with Gasteiger partial charge in [0.25, 0.3) is 0 Å². The van der Waals surface area contributed by atoms with Gasteiger partial charge >= 0.3 is 0 Å². The number of para-hydroxylation sites is 1. The van der Waals surface area contributed by atoms with E-state index in [1.165, 1.54) is 0 Å². The highest BCUT2D eigenvalue weighted by molar-refractivity contribution is 9.10. The summed E-state index contributed by atoms with van der Waals surface area (Å²) in [4.78, 5) is 0. The van der Waals surface area contributed by atoms with E-state index in [0.717, 1.165) is 26.9 Å². The van der Waals surface area contributed by atoms with Crippen LogP contribution in [0, 0.1) is 6.92 Å². The van der Waals surface area contributed by atoms with E-state index in [4.69, 9.17) is 9.47 Å². The Morgan fingerprint density at radius 1 is 1.30 bits per heavy atom. The molecule has 0 saturated heterocycles. The quantitative estimate of drug-likeness (QED) is 0.745. The molecule has 0 saturated carbocycles. The Balaban J connectivity index is 2.25. The van der Waals surface area contributed by atoms with E-state index < -0.39 is 0 Å². The third kappa shape index (κ3) is 3.01. The number of hydrogen-bond donors (Lipinski definition) is 0. The molecule has 20 heavy (non-hydrogen) atoms. The van der Waals surface area contributed by atoms with Gasteiger partial charge in [0.1, 0.15) is 6.61 Å². The number of rotatable bonds is 5. The van der Waals surface area contributed by atoms with Crippen molar-refractivity contribution >= 4 is 31.9 Å². The monoisotopic (exact) mass is 402 g/mol. The molecule has 0 spiro atoms. The number of ether oxygens (including phenoxy) is 2. The molecule has 1 aromatic heterocycles. The maximum absolute atomic E-state index is 5.92. The summed E-state index contributed by atoms with van der Waals surface area (Å²) in [5.74, 6) is 1.40. The summed E-state index contributed by atoms with van der Waals surface area (Å²) in [5.41, 5.74) is 1.98. The second-order valence-electron chi connectivity index (χ2n) is 4.22. The number of nitrogens with zero attached hydrogens (tertiary/aromatic N) is 2. The Labute approximate surface area is 135 Å². The average molecular weight is 404 g/mol. The topological polar surface area (TPSA) is 36.3 Å². The van der Waals surface area contributed by atoms with Crippen LogP contribution in [0.4, 0.5) is 0 Å². The Hall–Kier alpha value is -1.01. The number of methoxy groups -OCH3 is 1. The third-order valence-corrected chi connectivity index (χ3v) is 4.61. The Morgan fingerprint density at radius 3 is 2.70 bits per heavy atom. The number of aromatic nitrogens is 2. The molecule has 0 unspecified atom stereocenters.